The molecule has 0 fully saturated rings. The van der Waals surface area contributed by atoms with E-state index in [0.29, 0.717) is 16.0 Å². The van der Waals surface area contributed by atoms with E-state index in [-0.39, 0.29) is 5.38 Å². The molecular weight excluding hydrogens is 263 g/mol. The van der Waals surface area contributed by atoms with Crippen molar-refractivity contribution in [3.05, 3.63) is 33.8 Å². The largest absolute Gasteiger partial charge is 0.122 e. The van der Waals surface area contributed by atoms with Gasteiger partial charge in [0, 0.05) is 5.38 Å². The number of halogens is 3. The molecule has 0 spiro atoms. The van der Waals surface area contributed by atoms with Crippen LogP contribution < -0.4 is 0 Å². The molecule has 0 aromatic heterocycles. The van der Waals surface area contributed by atoms with Crippen LogP contribution in [0.4, 0.5) is 0 Å². The van der Waals surface area contributed by atoms with Crippen LogP contribution in [-0.4, -0.2) is 5.38 Å². The van der Waals surface area contributed by atoms with E-state index in [1.54, 1.807) is 0 Å². The van der Waals surface area contributed by atoms with Crippen molar-refractivity contribution in [1.29, 1.82) is 0 Å². The molecule has 1 atom stereocenters. The normalized spacial score (nSPS) is 13.1. The Morgan fingerprint density at radius 1 is 1.06 bits per heavy atom. The Kier molecular flexibility index (Phi) is 5.96. The minimum Gasteiger partial charge on any atom is -0.122 e. The van der Waals surface area contributed by atoms with Crippen LogP contribution in [0.5, 0.6) is 0 Å². The summed E-state index contributed by atoms with van der Waals surface area (Å²) in [6.07, 6.45) is 3.09. The fraction of sp³-hybridized carbons (Fsp3) is 0.538. The van der Waals surface area contributed by atoms with E-state index < -0.39 is 0 Å². The molecular formula is C13H17Cl3. The van der Waals surface area contributed by atoms with Gasteiger partial charge in [-0.3, -0.25) is 0 Å². The zero-order chi connectivity index (χ0) is 12.1. The number of rotatable bonds is 5. The Labute approximate surface area is 113 Å². The topological polar surface area (TPSA) is 0 Å². The van der Waals surface area contributed by atoms with Crippen molar-refractivity contribution in [2.24, 2.45) is 5.92 Å². The molecule has 0 amide bonds. The molecule has 1 aromatic rings. The van der Waals surface area contributed by atoms with Gasteiger partial charge in [-0.05, 0) is 30.0 Å². The molecule has 90 valence electrons. The molecule has 0 heterocycles. The Balaban J connectivity index is 2.69. The van der Waals surface area contributed by atoms with Gasteiger partial charge in [-0.2, -0.15) is 0 Å². The SMILES string of the molecule is CCC(CC)C(Cl)Cc1ccc(Cl)c(Cl)c1. The maximum absolute atomic E-state index is 6.40. The van der Waals surface area contributed by atoms with Gasteiger partial charge in [-0.15, -0.1) is 11.6 Å². The first-order valence-corrected chi connectivity index (χ1v) is 6.85. The molecule has 0 N–H and O–H groups in total. The lowest BCUT2D eigenvalue weighted by Crippen LogP contribution is -2.16. The lowest BCUT2D eigenvalue weighted by Gasteiger charge is -2.19. The van der Waals surface area contributed by atoms with Crippen molar-refractivity contribution >= 4 is 34.8 Å². The predicted molar refractivity (Wildman–Crippen MR) is 73.9 cm³/mol. The van der Waals surface area contributed by atoms with Gasteiger partial charge in [0.25, 0.3) is 0 Å². The van der Waals surface area contributed by atoms with E-state index >= 15 is 0 Å². The van der Waals surface area contributed by atoms with Crippen LogP contribution in [0.1, 0.15) is 32.3 Å². The molecule has 0 aliphatic heterocycles. The Hall–Kier alpha value is 0.0900. The summed E-state index contributed by atoms with van der Waals surface area (Å²) in [6.45, 7) is 4.36. The highest BCUT2D eigenvalue weighted by Gasteiger charge is 2.16. The first-order chi connectivity index (χ1) is 7.58. The van der Waals surface area contributed by atoms with E-state index in [1.165, 1.54) is 0 Å². The fourth-order valence-corrected chi connectivity index (χ4v) is 2.71. The molecule has 16 heavy (non-hydrogen) atoms. The highest BCUT2D eigenvalue weighted by Crippen LogP contribution is 2.26. The second-order valence-electron chi connectivity index (χ2n) is 4.05. The smallest absolute Gasteiger partial charge is 0.0595 e. The molecule has 1 rings (SSSR count). The highest BCUT2D eigenvalue weighted by atomic mass is 35.5. The van der Waals surface area contributed by atoms with Crippen LogP contribution in [0, 0.1) is 5.92 Å². The highest BCUT2D eigenvalue weighted by molar-refractivity contribution is 6.42. The Morgan fingerprint density at radius 3 is 2.19 bits per heavy atom. The van der Waals surface area contributed by atoms with Crippen LogP contribution in [0.2, 0.25) is 10.0 Å². The number of hydrogen-bond donors (Lipinski definition) is 0. The van der Waals surface area contributed by atoms with E-state index in [0.717, 1.165) is 24.8 Å². The number of hydrogen-bond acceptors (Lipinski definition) is 0. The first kappa shape index (κ1) is 14.2. The van der Waals surface area contributed by atoms with Crippen molar-refractivity contribution in [3.63, 3.8) is 0 Å². The van der Waals surface area contributed by atoms with Gasteiger partial charge in [0.15, 0.2) is 0 Å². The van der Waals surface area contributed by atoms with Gasteiger partial charge in [-0.25, -0.2) is 0 Å². The maximum Gasteiger partial charge on any atom is 0.0595 e. The van der Waals surface area contributed by atoms with E-state index in [4.69, 9.17) is 34.8 Å². The number of benzene rings is 1. The summed E-state index contributed by atoms with van der Waals surface area (Å²) in [4.78, 5) is 0. The van der Waals surface area contributed by atoms with Gasteiger partial charge in [-0.1, -0.05) is 56.0 Å². The minimum atomic E-state index is 0.173. The average molecular weight is 280 g/mol. The minimum absolute atomic E-state index is 0.173. The molecule has 0 nitrogen and oxygen atoms in total. The Morgan fingerprint density at radius 2 is 1.69 bits per heavy atom. The van der Waals surface area contributed by atoms with Crippen LogP contribution in [0.25, 0.3) is 0 Å². The van der Waals surface area contributed by atoms with Crippen molar-refractivity contribution in [2.75, 3.05) is 0 Å². The molecule has 3 heteroatoms. The van der Waals surface area contributed by atoms with Crippen LogP contribution in [0.3, 0.4) is 0 Å². The zero-order valence-electron chi connectivity index (χ0n) is 9.64. The third kappa shape index (κ3) is 3.84. The quantitative estimate of drug-likeness (QED) is 0.617. The van der Waals surface area contributed by atoms with Gasteiger partial charge in [0.1, 0.15) is 0 Å². The third-order valence-electron chi connectivity index (χ3n) is 2.97. The van der Waals surface area contributed by atoms with Gasteiger partial charge >= 0.3 is 0 Å². The van der Waals surface area contributed by atoms with Crippen LogP contribution >= 0.6 is 34.8 Å². The average Bonchev–Trinajstić information content (AvgIpc) is 2.25. The second kappa shape index (κ2) is 6.74. The first-order valence-electron chi connectivity index (χ1n) is 5.66. The standard InChI is InChI=1S/C13H17Cl3/c1-3-10(4-2)12(15)7-9-5-6-11(14)13(16)8-9/h5-6,8,10,12H,3-4,7H2,1-2H3. The summed E-state index contributed by atoms with van der Waals surface area (Å²) in [5.41, 5.74) is 1.15. The summed E-state index contributed by atoms with van der Waals surface area (Å²) in [5.74, 6) is 0.566. The summed E-state index contributed by atoms with van der Waals surface area (Å²) in [6, 6.07) is 5.73. The lowest BCUT2D eigenvalue weighted by molar-refractivity contribution is 0.464. The summed E-state index contributed by atoms with van der Waals surface area (Å²) in [7, 11) is 0. The summed E-state index contributed by atoms with van der Waals surface area (Å²) >= 11 is 18.2. The second-order valence-corrected chi connectivity index (χ2v) is 5.42. The fourth-order valence-electron chi connectivity index (χ4n) is 1.86. The molecule has 1 unspecified atom stereocenters. The van der Waals surface area contributed by atoms with E-state index in [1.807, 2.05) is 18.2 Å². The molecule has 1 aromatic carbocycles. The molecule has 0 saturated carbocycles. The van der Waals surface area contributed by atoms with Crippen molar-refractivity contribution in [2.45, 2.75) is 38.5 Å². The molecule has 0 aliphatic carbocycles. The lowest BCUT2D eigenvalue weighted by atomic mass is 9.94. The van der Waals surface area contributed by atoms with Crippen LogP contribution in [0.15, 0.2) is 18.2 Å². The van der Waals surface area contributed by atoms with Crippen molar-refractivity contribution < 1.29 is 0 Å². The molecule has 0 saturated heterocycles. The monoisotopic (exact) mass is 278 g/mol. The van der Waals surface area contributed by atoms with Gasteiger partial charge in [0.2, 0.25) is 0 Å². The van der Waals surface area contributed by atoms with Gasteiger partial charge in [0.05, 0.1) is 10.0 Å². The molecule has 0 radical (unpaired) electrons. The zero-order valence-corrected chi connectivity index (χ0v) is 11.9. The summed E-state index contributed by atoms with van der Waals surface area (Å²) < 4.78 is 0. The molecule has 0 aliphatic rings. The number of alkyl halides is 1. The van der Waals surface area contributed by atoms with Crippen molar-refractivity contribution in [3.8, 4) is 0 Å². The van der Waals surface area contributed by atoms with Gasteiger partial charge < -0.3 is 0 Å². The predicted octanol–water partition coefficient (Wildman–Crippen LogP) is 5.58. The maximum atomic E-state index is 6.40. The summed E-state index contributed by atoms with van der Waals surface area (Å²) in [5, 5.41) is 1.37. The molecule has 0 bridgehead atoms. The van der Waals surface area contributed by atoms with E-state index in [2.05, 4.69) is 13.8 Å². The van der Waals surface area contributed by atoms with E-state index in [9.17, 15) is 0 Å². The van der Waals surface area contributed by atoms with Crippen molar-refractivity contribution in [1.82, 2.24) is 0 Å². The van der Waals surface area contributed by atoms with Crippen LogP contribution in [-0.2, 0) is 6.42 Å². The third-order valence-corrected chi connectivity index (χ3v) is 4.22. The Bertz CT molecular complexity index is 332.